The van der Waals surface area contributed by atoms with Gasteiger partial charge >= 0.3 is 6.18 Å². The molecule has 1 amide bonds. The number of aromatic nitrogens is 1. The summed E-state index contributed by atoms with van der Waals surface area (Å²) in [5.74, 6) is -2.12. The largest absolute Gasteiger partial charge is 0.506 e. The third-order valence-electron chi connectivity index (χ3n) is 4.43. The number of aromatic hydroxyl groups is 1. The second-order valence-electron chi connectivity index (χ2n) is 6.16. The normalized spacial score (nSPS) is 11.6. The molecule has 0 spiro atoms. The molecule has 1 N–H and O–H groups in total. The number of nitrogens with zero attached hydrogens (tertiary/aromatic N) is 2. The molecule has 5 nitrogen and oxygen atoms in total. The zero-order chi connectivity index (χ0) is 20.8. The van der Waals surface area contributed by atoms with Gasteiger partial charge in [0.1, 0.15) is 17.1 Å². The minimum Gasteiger partial charge on any atom is -0.506 e. The van der Waals surface area contributed by atoms with Crippen molar-refractivity contribution in [3.63, 3.8) is 0 Å². The van der Waals surface area contributed by atoms with E-state index in [4.69, 9.17) is 0 Å². The van der Waals surface area contributed by atoms with E-state index in [1.807, 2.05) is 0 Å². The van der Waals surface area contributed by atoms with Crippen molar-refractivity contribution < 1.29 is 27.5 Å². The summed E-state index contributed by atoms with van der Waals surface area (Å²) in [6, 6.07) is 7.35. The summed E-state index contributed by atoms with van der Waals surface area (Å²) in [6.45, 7) is 0. The van der Waals surface area contributed by atoms with Gasteiger partial charge in [-0.05, 0) is 42.5 Å². The van der Waals surface area contributed by atoms with Crippen molar-refractivity contribution in [2.45, 2.75) is 6.18 Å². The third kappa shape index (κ3) is 3.19. The summed E-state index contributed by atoms with van der Waals surface area (Å²) in [5.41, 5.74) is -2.44. The fourth-order valence-corrected chi connectivity index (χ4v) is 2.84. The van der Waals surface area contributed by atoms with Gasteiger partial charge in [0.25, 0.3) is 11.5 Å². The average Bonchev–Trinajstić information content (AvgIpc) is 2.65. The SMILES string of the molecule is CN(C(=O)c1c(O)c2ccc(C(F)(F)F)cc2n(C)c1=O)c1ccc(F)cc1. The summed E-state index contributed by atoms with van der Waals surface area (Å²) in [6.07, 6.45) is -4.63. The first-order chi connectivity index (χ1) is 13.0. The van der Waals surface area contributed by atoms with Crippen molar-refractivity contribution in [3.8, 4) is 5.75 Å². The van der Waals surface area contributed by atoms with Gasteiger partial charge in [-0.15, -0.1) is 0 Å². The van der Waals surface area contributed by atoms with Crippen LogP contribution in [-0.4, -0.2) is 22.6 Å². The van der Waals surface area contributed by atoms with Crippen LogP contribution >= 0.6 is 0 Å². The Morgan fingerprint density at radius 1 is 1.11 bits per heavy atom. The average molecular weight is 394 g/mol. The highest BCUT2D eigenvalue weighted by atomic mass is 19.4. The number of rotatable bonds is 2. The molecule has 1 heterocycles. The van der Waals surface area contributed by atoms with E-state index in [9.17, 15) is 32.3 Å². The number of carbonyl (C=O) groups is 1. The standard InChI is InChI=1S/C19H14F4N2O3/c1-24(12-6-4-11(20)5-7-12)17(27)15-16(26)13-8-3-10(19(21,22)23)9-14(13)25(2)18(15)28/h3-9,26H,1-2H3. The third-order valence-corrected chi connectivity index (χ3v) is 4.43. The molecule has 2 aromatic carbocycles. The molecule has 9 heteroatoms. The Kier molecular flexibility index (Phi) is 4.62. The fourth-order valence-electron chi connectivity index (χ4n) is 2.84. The molecule has 146 valence electrons. The van der Waals surface area contributed by atoms with Crippen molar-refractivity contribution in [2.75, 3.05) is 11.9 Å². The number of fused-ring (bicyclic) bond motifs is 1. The molecule has 0 unspecified atom stereocenters. The first-order valence-electron chi connectivity index (χ1n) is 7.99. The van der Waals surface area contributed by atoms with E-state index in [0.29, 0.717) is 0 Å². The minimum absolute atomic E-state index is 0.0778. The Balaban J connectivity index is 2.18. The highest BCUT2D eigenvalue weighted by Crippen LogP contribution is 2.34. The summed E-state index contributed by atoms with van der Waals surface area (Å²) in [5, 5.41) is 10.4. The van der Waals surface area contributed by atoms with Crippen LogP contribution in [0, 0.1) is 5.82 Å². The quantitative estimate of drug-likeness (QED) is 0.675. The van der Waals surface area contributed by atoms with Gasteiger partial charge in [-0.1, -0.05) is 0 Å². The van der Waals surface area contributed by atoms with E-state index in [-0.39, 0.29) is 16.6 Å². The number of alkyl halides is 3. The molecule has 0 aliphatic rings. The Hall–Kier alpha value is -3.36. The number of halogens is 4. The van der Waals surface area contributed by atoms with Gasteiger partial charge in [-0.3, -0.25) is 9.59 Å². The highest BCUT2D eigenvalue weighted by Gasteiger charge is 2.32. The fraction of sp³-hybridized carbons (Fsp3) is 0.158. The Bertz CT molecular complexity index is 1140. The number of hydrogen-bond acceptors (Lipinski definition) is 3. The van der Waals surface area contributed by atoms with Gasteiger partial charge in [-0.2, -0.15) is 13.2 Å². The lowest BCUT2D eigenvalue weighted by atomic mass is 10.1. The molecular formula is C19H14F4N2O3. The van der Waals surface area contributed by atoms with Crippen LogP contribution in [0.4, 0.5) is 23.2 Å². The Morgan fingerprint density at radius 2 is 1.71 bits per heavy atom. The van der Waals surface area contributed by atoms with Crippen molar-refractivity contribution in [2.24, 2.45) is 7.05 Å². The molecule has 0 aliphatic carbocycles. The van der Waals surface area contributed by atoms with E-state index in [1.165, 1.54) is 26.2 Å². The molecule has 1 aromatic heterocycles. The Labute approximate surface area is 156 Å². The topological polar surface area (TPSA) is 62.5 Å². The van der Waals surface area contributed by atoms with Crippen LogP contribution in [0.15, 0.2) is 47.3 Å². The number of carbonyl (C=O) groups excluding carboxylic acids is 1. The second-order valence-corrected chi connectivity index (χ2v) is 6.16. The van der Waals surface area contributed by atoms with Crippen molar-refractivity contribution >= 4 is 22.5 Å². The lowest BCUT2D eigenvalue weighted by Crippen LogP contribution is -2.34. The molecule has 28 heavy (non-hydrogen) atoms. The van der Waals surface area contributed by atoms with Crippen molar-refractivity contribution in [1.29, 1.82) is 0 Å². The van der Waals surface area contributed by atoms with Gasteiger partial charge in [0.2, 0.25) is 0 Å². The number of hydrogen-bond donors (Lipinski definition) is 1. The summed E-state index contributed by atoms with van der Waals surface area (Å²) >= 11 is 0. The highest BCUT2D eigenvalue weighted by molar-refractivity contribution is 6.10. The van der Waals surface area contributed by atoms with Crippen LogP contribution in [0.5, 0.6) is 5.75 Å². The predicted octanol–water partition coefficient (Wildman–Crippen LogP) is 3.68. The predicted molar refractivity (Wildman–Crippen MR) is 95.0 cm³/mol. The first kappa shape index (κ1) is 19.4. The maximum absolute atomic E-state index is 13.1. The van der Waals surface area contributed by atoms with Crippen LogP contribution in [0.2, 0.25) is 0 Å². The molecule has 0 saturated heterocycles. The molecule has 0 saturated carbocycles. The molecule has 0 aliphatic heterocycles. The maximum atomic E-state index is 13.1. The lowest BCUT2D eigenvalue weighted by Gasteiger charge is -2.19. The molecule has 0 atom stereocenters. The van der Waals surface area contributed by atoms with E-state index in [2.05, 4.69) is 0 Å². The summed E-state index contributed by atoms with van der Waals surface area (Å²) < 4.78 is 52.8. The van der Waals surface area contributed by atoms with Crippen LogP contribution in [0.1, 0.15) is 15.9 Å². The number of pyridine rings is 1. The summed E-state index contributed by atoms with van der Waals surface area (Å²) in [4.78, 5) is 26.4. The van der Waals surface area contributed by atoms with Crippen LogP contribution in [-0.2, 0) is 13.2 Å². The van der Waals surface area contributed by atoms with Gasteiger partial charge in [-0.25, -0.2) is 4.39 Å². The number of benzene rings is 2. The van der Waals surface area contributed by atoms with Crippen LogP contribution in [0.3, 0.4) is 0 Å². The molecule has 0 fully saturated rings. The molecule has 0 bridgehead atoms. The number of amides is 1. The number of aryl methyl sites for hydroxylation is 1. The van der Waals surface area contributed by atoms with E-state index in [0.717, 1.165) is 39.8 Å². The zero-order valence-corrected chi connectivity index (χ0v) is 14.7. The first-order valence-corrected chi connectivity index (χ1v) is 7.99. The molecular weight excluding hydrogens is 380 g/mol. The minimum atomic E-state index is -4.63. The zero-order valence-electron chi connectivity index (χ0n) is 14.7. The smallest absolute Gasteiger partial charge is 0.416 e. The summed E-state index contributed by atoms with van der Waals surface area (Å²) in [7, 11) is 2.53. The molecule has 0 radical (unpaired) electrons. The Morgan fingerprint density at radius 3 is 2.29 bits per heavy atom. The second kappa shape index (κ2) is 6.66. The monoisotopic (exact) mass is 394 g/mol. The van der Waals surface area contributed by atoms with Crippen LogP contribution in [0.25, 0.3) is 10.9 Å². The van der Waals surface area contributed by atoms with Crippen LogP contribution < -0.4 is 10.5 Å². The van der Waals surface area contributed by atoms with Crippen molar-refractivity contribution in [3.05, 3.63) is 69.8 Å². The lowest BCUT2D eigenvalue weighted by molar-refractivity contribution is -0.137. The number of anilines is 1. The molecule has 3 rings (SSSR count). The van der Waals surface area contributed by atoms with Gasteiger partial charge < -0.3 is 14.6 Å². The van der Waals surface area contributed by atoms with Gasteiger partial charge in [0.05, 0.1) is 11.1 Å². The van der Waals surface area contributed by atoms with Crippen molar-refractivity contribution in [1.82, 2.24) is 4.57 Å². The van der Waals surface area contributed by atoms with E-state index >= 15 is 0 Å². The van der Waals surface area contributed by atoms with Gasteiger partial charge in [0.15, 0.2) is 0 Å². The van der Waals surface area contributed by atoms with E-state index < -0.39 is 40.3 Å². The maximum Gasteiger partial charge on any atom is 0.416 e. The van der Waals surface area contributed by atoms with Gasteiger partial charge in [0, 0.05) is 25.2 Å². The molecule has 3 aromatic rings. The van der Waals surface area contributed by atoms with E-state index in [1.54, 1.807) is 0 Å².